The number of ether oxygens (including phenoxy) is 2. The molecule has 1 aliphatic carbocycles. The summed E-state index contributed by atoms with van der Waals surface area (Å²) in [6.45, 7) is 7.00. The van der Waals surface area contributed by atoms with E-state index in [-0.39, 0.29) is 5.75 Å². The molecule has 0 spiro atoms. The van der Waals surface area contributed by atoms with Crippen molar-refractivity contribution in [2.24, 2.45) is 0 Å². The first-order valence-electron chi connectivity index (χ1n) is 9.91. The monoisotopic (exact) mass is 380 g/mol. The molecule has 28 heavy (non-hydrogen) atoms. The summed E-state index contributed by atoms with van der Waals surface area (Å²) in [5.41, 5.74) is 5.26. The van der Waals surface area contributed by atoms with Gasteiger partial charge in [-0.25, -0.2) is 0 Å². The predicted octanol–water partition coefficient (Wildman–Crippen LogP) is 5.60. The highest BCUT2D eigenvalue weighted by atomic mass is 16.6. The Labute approximate surface area is 166 Å². The van der Waals surface area contributed by atoms with Crippen LogP contribution in [-0.2, 0) is 9.59 Å². The first-order valence-corrected chi connectivity index (χ1v) is 9.91. The average Bonchev–Trinajstić information content (AvgIpc) is 2.65. The molecule has 0 radical (unpaired) electrons. The minimum absolute atomic E-state index is 0.287. The van der Waals surface area contributed by atoms with Crippen molar-refractivity contribution >= 4 is 11.9 Å². The van der Waals surface area contributed by atoms with Gasteiger partial charge in [0.05, 0.1) is 0 Å². The highest BCUT2D eigenvalue weighted by Gasteiger charge is 2.25. The van der Waals surface area contributed by atoms with Crippen molar-refractivity contribution in [3.05, 3.63) is 58.7 Å². The molecule has 0 amide bonds. The van der Waals surface area contributed by atoms with Crippen molar-refractivity contribution in [3.63, 3.8) is 0 Å². The first-order chi connectivity index (χ1) is 13.3. The Kier molecular flexibility index (Phi) is 6.18. The SMILES string of the molecule is CC(=O)Oc1ccc(C2CCC(c3ccc(C)c(C)c3)CC2)cc1OC(C)=O. The van der Waals surface area contributed by atoms with Crippen LogP contribution in [0, 0.1) is 13.8 Å². The molecule has 2 aromatic rings. The number of hydrogen-bond donors (Lipinski definition) is 0. The van der Waals surface area contributed by atoms with Crippen LogP contribution in [0.2, 0.25) is 0 Å². The van der Waals surface area contributed by atoms with E-state index in [1.54, 1.807) is 6.07 Å². The number of carbonyl (C=O) groups excluding carboxylic acids is 2. The van der Waals surface area contributed by atoms with E-state index in [0.717, 1.165) is 31.2 Å². The lowest BCUT2D eigenvalue weighted by Crippen LogP contribution is -2.13. The number of carbonyl (C=O) groups is 2. The topological polar surface area (TPSA) is 52.6 Å². The molecule has 0 heterocycles. The van der Waals surface area contributed by atoms with Crippen LogP contribution in [0.3, 0.4) is 0 Å². The second-order valence-electron chi connectivity index (χ2n) is 7.79. The van der Waals surface area contributed by atoms with E-state index in [0.29, 0.717) is 17.6 Å². The lowest BCUT2D eigenvalue weighted by Gasteiger charge is -2.29. The minimum Gasteiger partial charge on any atom is -0.423 e. The van der Waals surface area contributed by atoms with E-state index < -0.39 is 11.9 Å². The summed E-state index contributed by atoms with van der Waals surface area (Å²) in [6.07, 6.45) is 4.46. The van der Waals surface area contributed by atoms with Crippen LogP contribution in [0.15, 0.2) is 36.4 Å². The van der Waals surface area contributed by atoms with Crippen LogP contribution in [0.4, 0.5) is 0 Å². The molecule has 3 rings (SSSR count). The van der Waals surface area contributed by atoms with E-state index in [9.17, 15) is 9.59 Å². The number of hydrogen-bond acceptors (Lipinski definition) is 4. The number of rotatable bonds is 4. The van der Waals surface area contributed by atoms with Crippen LogP contribution in [0.1, 0.15) is 73.6 Å². The van der Waals surface area contributed by atoms with E-state index in [1.165, 1.54) is 30.5 Å². The summed E-state index contributed by atoms with van der Waals surface area (Å²) >= 11 is 0. The van der Waals surface area contributed by atoms with Crippen LogP contribution >= 0.6 is 0 Å². The summed E-state index contributed by atoms with van der Waals surface area (Å²) in [5, 5.41) is 0. The van der Waals surface area contributed by atoms with Crippen molar-refractivity contribution in [2.45, 2.75) is 65.2 Å². The molecule has 0 unspecified atom stereocenters. The second kappa shape index (κ2) is 8.59. The van der Waals surface area contributed by atoms with Crippen molar-refractivity contribution in [3.8, 4) is 11.5 Å². The Morgan fingerprint density at radius 1 is 0.714 bits per heavy atom. The second-order valence-corrected chi connectivity index (χ2v) is 7.79. The number of esters is 2. The van der Waals surface area contributed by atoms with Crippen molar-refractivity contribution in [2.75, 3.05) is 0 Å². The third-order valence-electron chi connectivity index (χ3n) is 5.68. The normalized spacial score (nSPS) is 19.1. The third-order valence-corrected chi connectivity index (χ3v) is 5.68. The Hall–Kier alpha value is -2.62. The molecule has 0 atom stereocenters. The summed E-state index contributed by atoms with van der Waals surface area (Å²) in [6, 6.07) is 12.4. The highest BCUT2D eigenvalue weighted by Crippen LogP contribution is 2.42. The molecule has 0 aliphatic heterocycles. The van der Waals surface area contributed by atoms with Crippen molar-refractivity contribution in [1.29, 1.82) is 0 Å². The zero-order valence-electron chi connectivity index (χ0n) is 17.1. The fourth-order valence-corrected chi connectivity index (χ4v) is 4.03. The summed E-state index contributed by atoms with van der Waals surface area (Å²) in [5.74, 6) is 0.762. The van der Waals surface area contributed by atoms with Gasteiger partial charge in [-0.3, -0.25) is 9.59 Å². The summed E-state index contributed by atoms with van der Waals surface area (Å²) < 4.78 is 10.4. The van der Waals surface area contributed by atoms with Gasteiger partial charge in [-0.15, -0.1) is 0 Å². The molecule has 1 fully saturated rings. The molecule has 1 saturated carbocycles. The van der Waals surface area contributed by atoms with Gasteiger partial charge in [0.1, 0.15) is 0 Å². The zero-order valence-corrected chi connectivity index (χ0v) is 17.1. The molecule has 4 nitrogen and oxygen atoms in total. The lowest BCUT2D eigenvalue weighted by atomic mass is 9.76. The molecule has 0 N–H and O–H groups in total. The van der Waals surface area contributed by atoms with E-state index in [1.807, 2.05) is 12.1 Å². The van der Waals surface area contributed by atoms with Crippen LogP contribution in [0.25, 0.3) is 0 Å². The van der Waals surface area contributed by atoms with Gasteiger partial charge in [-0.2, -0.15) is 0 Å². The maximum absolute atomic E-state index is 11.4. The number of benzene rings is 2. The fourth-order valence-electron chi connectivity index (χ4n) is 4.03. The molecular weight excluding hydrogens is 352 g/mol. The molecule has 1 aliphatic rings. The maximum atomic E-state index is 11.4. The maximum Gasteiger partial charge on any atom is 0.308 e. The Bertz CT molecular complexity index is 876. The van der Waals surface area contributed by atoms with E-state index in [2.05, 4.69) is 32.0 Å². The molecule has 4 heteroatoms. The van der Waals surface area contributed by atoms with Crippen LogP contribution in [0.5, 0.6) is 11.5 Å². The molecule has 2 aromatic carbocycles. The van der Waals surface area contributed by atoms with Gasteiger partial charge in [0.25, 0.3) is 0 Å². The molecular formula is C24H28O4. The molecule has 148 valence electrons. The van der Waals surface area contributed by atoms with Gasteiger partial charge in [-0.1, -0.05) is 24.3 Å². The molecule has 0 aromatic heterocycles. The highest BCUT2D eigenvalue weighted by molar-refractivity contribution is 5.73. The Balaban J connectivity index is 1.73. The molecule has 0 bridgehead atoms. The van der Waals surface area contributed by atoms with Crippen LogP contribution < -0.4 is 9.47 Å². The van der Waals surface area contributed by atoms with E-state index >= 15 is 0 Å². The van der Waals surface area contributed by atoms with E-state index in [4.69, 9.17) is 9.47 Å². The third kappa shape index (κ3) is 4.80. The van der Waals surface area contributed by atoms with Gasteiger partial charge in [0.15, 0.2) is 11.5 Å². The smallest absolute Gasteiger partial charge is 0.308 e. The van der Waals surface area contributed by atoms with Crippen molar-refractivity contribution in [1.82, 2.24) is 0 Å². The minimum atomic E-state index is -0.435. The van der Waals surface area contributed by atoms with Gasteiger partial charge in [-0.05, 0) is 85.8 Å². The fraction of sp³-hybridized carbons (Fsp3) is 0.417. The quantitative estimate of drug-likeness (QED) is 0.512. The average molecular weight is 380 g/mol. The molecule has 0 saturated heterocycles. The Morgan fingerprint density at radius 3 is 1.75 bits per heavy atom. The largest absolute Gasteiger partial charge is 0.423 e. The Morgan fingerprint density at radius 2 is 1.21 bits per heavy atom. The van der Waals surface area contributed by atoms with Gasteiger partial charge < -0.3 is 9.47 Å². The number of aryl methyl sites for hydroxylation is 2. The van der Waals surface area contributed by atoms with Crippen molar-refractivity contribution < 1.29 is 19.1 Å². The summed E-state index contributed by atoms with van der Waals surface area (Å²) in [4.78, 5) is 22.7. The van der Waals surface area contributed by atoms with Crippen LogP contribution in [-0.4, -0.2) is 11.9 Å². The zero-order chi connectivity index (χ0) is 20.3. The standard InChI is InChI=1S/C24H28O4/c1-15-5-6-21(13-16(15)2)19-7-9-20(10-8-19)22-11-12-23(27-17(3)25)24(14-22)28-18(4)26/h5-6,11-14,19-20H,7-10H2,1-4H3. The van der Waals surface area contributed by atoms with Gasteiger partial charge in [0.2, 0.25) is 0 Å². The van der Waals surface area contributed by atoms with Gasteiger partial charge >= 0.3 is 11.9 Å². The summed E-state index contributed by atoms with van der Waals surface area (Å²) in [7, 11) is 0. The predicted molar refractivity (Wildman–Crippen MR) is 109 cm³/mol. The van der Waals surface area contributed by atoms with Gasteiger partial charge in [0, 0.05) is 13.8 Å². The lowest BCUT2D eigenvalue weighted by molar-refractivity contribution is -0.134. The first kappa shape index (κ1) is 20.1.